The standard InChI is InChI=1S/C23H23NO4S/c1-4-27-18-12-8-16(9-13-18)14-19-21(25)20(23(26)28-5-2)22(29-19)24-17-10-6-15(3)7-11-17/h6-14,25H,4-5H2,1-3H3. The molecule has 5 nitrogen and oxygen atoms in total. The maximum absolute atomic E-state index is 12.4. The molecule has 1 N–H and O–H groups in total. The molecule has 1 aliphatic rings. The Labute approximate surface area is 174 Å². The summed E-state index contributed by atoms with van der Waals surface area (Å²) in [6, 6.07) is 15.2. The third-order valence-electron chi connectivity index (χ3n) is 4.12. The Morgan fingerprint density at radius 1 is 1.07 bits per heavy atom. The predicted molar refractivity (Wildman–Crippen MR) is 118 cm³/mol. The summed E-state index contributed by atoms with van der Waals surface area (Å²) >= 11 is 1.24. The molecule has 0 unspecified atom stereocenters. The summed E-state index contributed by atoms with van der Waals surface area (Å²) in [5, 5.41) is 11.1. The first-order chi connectivity index (χ1) is 14.0. The lowest BCUT2D eigenvalue weighted by atomic mass is 10.1. The molecule has 3 rings (SSSR count). The van der Waals surface area contributed by atoms with Gasteiger partial charge in [-0.05, 0) is 56.7 Å². The molecule has 0 saturated heterocycles. The van der Waals surface area contributed by atoms with E-state index in [1.165, 1.54) is 11.8 Å². The summed E-state index contributed by atoms with van der Waals surface area (Å²) in [6.07, 6.45) is 1.81. The molecule has 0 aliphatic carbocycles. The molecule has 0 atom stereocenters. The first kappa shape index (κ1) is 20.7. The maximum Gasteiger partial charge on any atom is 0.344 e. The number of carbonyl (C=O) groups excluding carboxylic acids is 1. The third kappa shape index (κ3) is 5.09. The molecule has 0 spiro atoms. The molecule has 2 aromatic rings. The molecular formula is C23H23NO4S. The number of aliphatic hydroxyl groups is 1. The zero-order valence-electron chi connectivity index (χ0n) is 16.6. The fourth-order valence-electron chi connectivity index (χ4n) is 2.71. The smallest absolute Gasteiger partial charge is 0.344 e. The number of ether oxygens (including phenoxy) is 2. The number of esters is 1. The first-order valence-electron chi connectivity index (χ1n) is 9.40. The predicted octanol–water partition coefficient (Wildman–Crippen LogP) is 5.59. The Balaban J connectivity index is 1.96. The second kappa shape index (κ2) is 9.47. The number of hydrogen-bond donors (Lipinski definition) is 1. The van der Waals surface area contributed by atoms with Crippen LogP contribution in [0.5, 0.6) is 5.75 Å². The topological polar surface area (TPSA) is 68.1 Å². The largest absolute Gasteiger partial charge is 0.506 e. The normalized spacial score (nSPS) is 16.5. The number of aliphatic imine (C=N–C) groups is 1. The van der Waals surface area contributed by atoms with Gasteiger partial charge in [0.05, 0.1) is 23.8 Å². The summed E-state index contributed by atoms with van der Waals surface area (Å²) in [4.78, 5) is 17.6. The van der Waals surface area contributed by atoms with Crippen LogP contribution in [0.3, 0.4) is 0 Å². The van der Waals surface area contributed by atoms with E-state index in [0.717, 1.165) is 16.9 Å². The monoisotopic (exact) mass is 409 g/mol. The van der Waals surface area contributed by atoms with Gasteiger partial charge in [0.25, 0.3) is 0 Å². The molecular weight excluding hydrogens is 386 g/mol. The highest BCUT2D eigenvalue weighted by Crippen LogP contribution is 2.40. The van der Waals surface area contributed by atoms with Crippen LogP contribution in [0.25, 0.3) is 6.08 Å². The van der Waals surface area contributed by atoms with Gasteiger partial charge in [0, 0.05) is 0 Å². The first-order valence-corrected chi connectivity index (χ1v) is 10.2. The van der Waals surface area contributed by atoms with Gasteiger partial charge in [0.1, 0.15) is 22.1 Å². The van der Waals surface area contributed by atoms with Crippen LogP contribution in [-0.4, -0.2) is 29.3 Å². The fraction of sp³-hybridized carbons (Fsp3) is 0.217. The lowest BCUT2D eigenvalue weighted by molar-refractivity contribution is -0.138. The average Bonchev–Trinajstić information content (AvgIpc) is 3.00. The van der Waals surface area contributed by atoms with Crippen molar-refractivity contribution in [1.82, 2.24) is 0 Å². The minimum absolute atomic E-state index is 0.0922. The molecule has 2 aromatic carbocycles. The number of nitrogens with zero attached hydrogens (tertiary/aromatic N) is 1. The number of carbonyl (C=O) groups is 1. The van der Waals surface area contributed by atoms with Crippen molar-refractivity contribution in [2.75, 3.05) is 13.2 Å². The second-order valence-corrected chi connectivity index (χ2v) is 7.34. The molecule has 0 aromatic heterocycles. The number of benzene rings is 2. The Hall–Kier alpha value is -2.99. The molecule has 29 heavy (non-hydrogen) atoms. The molecule has 0 radical (unpaired) electrons. The number of aryl methyl sites for hydroxylation is 1. The number of hydrogen-bond acceptors (Lipinski definition) is 6. The number of thioether (sulfide) groups is 1. The quantitative estimate of drug-likeness (QED) is 0.630. The van der Waals surface area contributed by atoms with Gasteiger partial charge in [0.2, 0.25) is 0 Å². The van der Waals surface area contributed by atoms with Crippen molar-refractivity contribution in [3.63, 3.8) is 0 Å². The molecule has 150 valence electrons. The van der Waals surface area contributed by atoms with Crippen LogP contribution in [0, 0.1) is 6.92 Å². The van der Waals surface area contributed by atoms with Gasteiger partial charge >= 0.3 is 5.97 Å². The Morgan fingerprint density at radius 2 is 1.76 bits per heavy atom. The van der Waals surface area contributed by atoms with E-state index in [2.05, 4.69) is 4.99 Å². The minimum Gasteiger partial charge on any atom is -0.506 e. The van der Waals surface area contributed by atoms with Crippen LogP contribution in [0.2, 0.25) is 0 Å². The van der Waals surface area contributed by atoms with Gasteiger partial charge in [-0.25, -0.2) is 9.79 Å². The number of aliphatic hydroxyl groups excluding tert-OH is 1. The van der Waals surface area contributed by atoms with Gasteiger partial charge in [-0.2, -0.15) is 0 Å². The highest BCUT2D eigenvalue weighted by atomic mass is 32.2. The molecule has 6 heteroatoms. The van der Waals surface area contributed by atoms with E-state index >= 15 is 0 Å². The summed E-state index contributed by atoms with van der Waals surface area (Å²) in [7, 11) is 0. The zero-order valence-corrected chi connectivity index (χ0v) is 17.5. The highest BCUT2D eigenvalue weighted by molar-refractivity contribution is 8.18. The van der Waals surface area contributed by atoms with Crippen LogP contribution < -0.4 is 4.74 Å². The molecule has 1 aliphatic heterocycles. The summed E-state index contributed by atoms with van der Waals surface area (Å²) in [6.45, 7) is 6.47. The van der Waals surface area contributed by atoms with Crippen LogP contribution in [0.1, 0.15) is 25.0 Å². The van der Waals surface area contributed by atoms with E-state index in [-0.39, 0.29) is 17.9 Å². The van der Waals surface area contributed by atoms with Gasteiger partial charge in [-0.15, -0.1) is 0 Å². The van der Waals surface area contributed by atoms with Crippen LogP contribution in [-0.2, 0) is 9.53 Å². The molecule has 0 saturated carbocycles. The molecule has 0 bridgehead atoms. The van der Waals surface area contributed by atoms with Crippen molar-refractivity contribution >= 4 is 34.5 Å². The van der Waals surface area contributed by atoms with Gasteiger partial charge in [-0.3, -0.25) is 0 Å². The van der Waals surface area contributed by atoms with E-state index < -0.39 is 5.97 Å². The second-order valence-electron chi connectivity index (χ2n) is 6.31. The average molecular weight is 410 g/mol. The van der Waals surface area contributed by atoms with Crippen LogP contribution in [0.4, 0.5) is 5.69 Å². The van der Waals surface area contributed by atoms with E-state index in [4.69, 9.17) is 9.47 Å². The molecule has 0 amide bonds. The minimum atomic E-state index is -0.585. The molecule has 0 fully saturated rings. The third-order valence-corrected chi connectivity index (χ3v) is 5.14. The maximum atomic E-state index is 12.4. The SMILES string of the molecule is CCOC(=O)C1=C(O)C(=Cc2ccc(OCC)cc2)SC1=Nc1ccc(C)cc1. The lowest BCUT2D eigenvalue weighted by Crippen LogP contribution is -2.12. The summed E-state index contributed by atoms with van der Waals surface area (Å²) in [5.41, 5.74) is 2.79. The van der Waals surface area contributed by atoms with E-state index in [0.29, 0.717) is 22.2 Å². The van der Waals surface area contributed by atoms with E-state index in [9.17, 15) is 9.90 Å². The van der Waals surface area contributed by atoms with Crippen LogP contribution >= 0.6 is 11.8 Å². The van der Waals surface area contributed by atoms with Crippen molar-refractivity contribution < 1.29 is 19.4 Å². The van der Waals surface area contributed by atoms with Crippen LogP contribution in [0.15, 0.2) is 69.8 Å². The Morgan fingerprint density at radius 3 is 2.38 bits per heavy atom. The Kier molecular flexibility index (Phi) is 6.77. The Bertz CT molecular complexity index is 973. The highest BCUT2D eigenvalue weighted by Gasteiger charge is 2.33. The number of rotatable bonds is 6. The van der Waals surface area contributed by atoms with Crippen molar-refractivity contribution in [1.29, 1.82) is 0 Å². The van der Waals surface area contributed by atoms with Gasteiger partial charge in [0.15, 0.2) is 0 Å². The molecule has 1 heterocycles. The van der Waals surface area contributed by atoms with Gasteiger partial charge < -0.3 is 14.6 Å². The van der Waals surface area contributed by atoms with Crippen molar-refractivity contribution in [3.05, 3.63) is 75.9 Å². The van der Waals surface area contributed by atoms with E-state index in [1.54, 1.807) is 6.92 Å². The van der Waals surface area contributed by atoms with Crippen molar-refractivity contribution in [2.45, 2.75) is 20.8 Å². The zero-order chi connectivity index (χ0) is 20.8. The van der Waals surface area contributed by atoms with Gasteiger partial charge in [-0.1, -0.05) is 41.6 Å². The summed E-state index contributed by atoms with van der Waals surface area (Å²) < 4.78 is 10.6. The van der Waals surface area contributed by atoms with Crippen molar-refractivity contribution in [2.24, 2.45) is 4.99 Å². The lowest BCUT2D eigenvalue weighted by Gasteiger charge is -2.04. The fourth-order valence-corrected chi connectivity index (χ4v) is 3.74. The van der Waals surface area contributed by atoms with Crippen molar-refractivity contribution in [3.8, 4) is 5.75 Å². The summed E-state index contributed by atoms with van der Waals surface area (Å²) in [5.74, 6) is 0.0778. The van der Waals surface area contributed by atoms with E-state index in [1.807, 2.05) is 68.5 Å².